The maximum absolute atomic E-state index is 5.65. The number of benzene rings is 1. The van der Waals surface area contributed by atoms with Crippen LogP contribution in [0.1, 0.15) is 19.3 Å². The van der Waals surface area contributed by atoms with E-state index in [0.29, 0.717) is 0 Å². The number of rotatable bonds is 3. The number of aromatic nitrogens is 1. The first-order valence-electron chi connectivity index (χ1n) is 7.17. The summed E-state index contributed by atoms with van der Waals surface area (Å²) in [7, 11) is 0. The fourth-order valence-electron chi connectivity index (χ4n) is 3.02. The molecular formula is C16H21N3. The van der Waals surface area contributed by atoms with Crippen molar-refractivity contribution in [2.45, 2.75) is 19.3 Å². The van der Waals surface area contributed by atoms with Crippen LogP contribution in [0, 0.1) is 5.92 Å². The molecule has 0 aliphatic carbocycles. The first-order chi connectivity index (χ1) is 9.38. The Morgan fingerprint density at radius 2 is 1.95 bits per heavy atom. The lowest BCUT2D eigenvalue weighted by molar-refractivity contribution is 0.385. The Kier molecular flexibility index (Phi) is 3.65. The fraction of sp³-hybridized carbons (Fsp3) is 0.438. The number of anilines is 1. The van der Waals surface area contributed by atoms with Gasteiger partial charge in [0, 0.05) is 24.7 Å². The minimum Gasteiger partial charge on any atom is -0.356 e. The molecule has 1 aromatic carbocycles. The van der Waals surface area contributed by atoms with Crippen molar-refractivity contribution >= 4 is 16.6 Å². The summed E-state index contributed by atoms with van der Waals surface area (Å²) in [6.45, 7) is 3.02. The molecule has 0 unspecified atom stereocenters. The minimum absolute atomic E-state index is 0.802. The van der Waals surface area contributed by atoms with Gasteiger partial charge in [0.15, 0.2) is 0 Å². The van der Waals surface area contributed by atoms with Crippen LogP contribution in [0.2, 0.25) is 0 Å². The van der Waals surface area contributed by atoms with Gasteiger partial charge in [-0.25, -0.2) is 4.98 Å². The largest absolute Gasteiger partial charge is 0.356 e. The molecule has 1 aliphatic rings. The van der Waals surface area contributed by atoms with E-state index in [9.17, 15) is 0 Å². The first-order valence-corrected chi connectivity index (χ1v) is 7.17. The molecule has 0 saturated carbocycles. The molecule has 2 N–H and O–H groups in total. The smallest absolute Gasteiger partial charge is 0.136 e. The van der Waals surface area contributed by atoms with E-state index in [1.807, 2.05) is 6.20 Å². The average Bonchev–Trinajstić information content (AvgIpc) is 2.48. The van der Waals surface area contributed by atoms with Gasteiger partial charge < -0.3 is 10.6 Å². The Morgan fingerprint density at radius 3 is 2.74 bits per heavy atom. The molecular weight excluding hydrogens is 234 g/mol. The Hall–Kier alpha value is -1.61. The number of hydrogen-bond acceptors (Lipinski definition) is 3. The molecule has 1 fully saturated rings. The summed E-state index contributed by atoms with van der Waals surface area (Å²) in [6.07, 6.45) is 5.56. The van der Waals surface area contributed by atoms with Gasteiger partial charge in [-0.15, -0.1) is 0 Å². The second-order valence-electron chi connectivity index (χ2n) is 5.36. The van der Waals surface area contributed by atoms with E-state index in [1.54, 1.807) is 0 Å². The number of hydrogen-bond donors (Lipinski definition) is 1. The molecule has 1 aliphatic heterocycles. The molecule has 1 aromatic heterocycles. The molecule has 0 spiro atoms. The van der Waals surface area contributed by atoms with Crippen LogP contribution in [0.25, 0.3) is 10.8 Å². The highest BCUT2D eigenvalue weighted by atomic mass is 15.2. The Morgan fingerprint density at radius 1 is 1.16 bits per heavy atom. The first kappa shape index (κ1) is 12.4. The predicted octanol–water partition coefficient (Wildman–Crippen LogP) is 2.80. The summed E-state index contributed by atoms with van der Waals surface area (Å²) in [6, 6.07) is 10.6. The normalized spacial score (nSPS) is 17.0. The summed E-state index contributed by atoms with van der Waals surface area (Å²) in [5, 5.41) is 2.54. The second kappa shape index (κ2) is 5.57. The lowest BCUT2D eigenvalue weighted by atomic mass is 9.93. The molecule has 0 bridgehead atoms. The zero-order chi connectivity index (χ0) is 13.1. The molecule has 3 rings (SSSR count). The fourth-order valence-corrected chi connectivity index (χ4v) is 3.02. The van der Waals surface area contributed by atoms with Gasteiger partial charge in [-0.1, -0.05) is 24.3 Å². The molecule has 3 nitrogen and oxygen atoms in total. The molecule has 3 heteroatoms. The van der Waals surface area contributed by atoms with Crippen molar-refractivity contribution in [2.75, 3.05) is 24.5 Å². The number of fused-ring (bicyclic) bond motifs is 1. The minimum atomic E-state index is 0.802. The number of nitrogens with zero attached hydrogens (tertiary/aromatic N) is 2. The van der Waals surface area contributed by atoms with Crippen molar-refractivity contribution in [3.05, 3.63) is 36.5 Å². The van der Waals surface area contributed by atoms with Crippen molar-refractivity contribution in [3.8, 4) is 0 Å². The van der Waals surface area contributed by atoms with Crippen LogP contribution >= 0.6 is 0 Å². The van der Waals surface area contributed by atoms with Crippen LogP contribution in [0.5, 0.6) is 0 Å². The predicted molar refractivity (Wildman–Crippen MR) is 80.4 cm³/mol. The summed E-state index contributed by atoms with van der Waals surface area (Å²) >= 11 is 0. The van der Waals surface area contributed by atoms with Crippen molar-refractivity contribution in [2.24, 2.45) is 11.7 Å². The Labute approximate surface area is 114 Å². The molecule has 2 aromatic rings. The molecule has 0 atom stereocenters. The SMILES string of the molecule is NCCC1CCN(c2nccc3ccccc23)CC1. The number of piperidine rings is 1. The van der Waals surface area contributed by atoms with Gasteiger partial charge in [0.2, 0.25) is 0 Å². The third-order valence-electron chi connectivity index (χ3n) is 4.14. The van der Waals surface area contributed by atoms with Crippen molar-refractivity contribution in [3.63, 3.8) is 0 Å². The quantitative estimate of drug-likeness (QED) is 0.917. The van der Waals surface area contributed by atoms with Crippen molar-refractivity contribution in [1.82, 2.24) is 4.98 Å². The Balaban J connectivity index is 1.82. The van der Waals surface area contributed by atoms with E-state index >= 15 is 0 Å². The van der Waals surface area contributed by atoms with Crippen LogP contribution in [0.4, 0.5) is 5.82 Å². The van der Waals surface area contributed by atoms with Gasteiger partial charge in [-0.3, -0.25) is 0 Å². The maximum Gasteiger partial charge on any atom is 0.136 e. The van der Waals surface area contributed by atoms with E-state index in [1.165, 1.54) is 23.6 Å². The highest BCUT2D eigenvalue weighted by Gasteiger charge is 2.20. The van der Waals surface area contributed by atoms with E-state index in [0.717, 1.165) is 37.8 Å². The average molecular weight is 255 g/mol. The Bertz CT molecular complexity index is 539. The summed E-state index contributed by atoms with van der Waals surface area (Å²) < 4.78 is 0. The highest BCUT2D eigenvalue weighted by molar-refractivity contribution is 5.92. The molecule has 100 valence electrons. The number of nitrogens with two attached hydrogens (primary N) is 1. The summed E-state index contributed by atoms with van der Waals surface area (Å²) in [4.78, 5) is 7.03. The van der Waals surface area contributed by atoms with Gasteiger partial charge in [-0.2, -0.15) is 0 Å². The van der Waals surface area contributed by atoms with Crippen LogP contribution in [-0.4, -0.2) is 24.6 Å². The second-order valence-corrected chi connectivity index (χ2v) is 5.36. The van der Waals surface area contributed by atoms with E-state index < -0.39 is 0 Å². The zero-order valence-electron chi connectivity index (χ0n) is 11.3. The van der Waals surface area contributed by atoms with Crippen LogP contribution < -0.4 is 10.6 Å². The van der Waals surface area contributed by atoms with Crippen molar-refractivity contribution < 1.29 is 0 Å². The topological polar surface area (TPSA) is 42.1 Å². The zero-order valence-corrected chi connectivity index (χ0v) is 11.3. The van der Waals surface area contributed by atoms with E-state index in [-0.39, 0.29) is 0 Å². The summed E-state index contributed by atoms with van der Waals surface area (Å²) in [5.74, 6) is 1.94. The standard InChI is InChI=1S/C16H21N3/c17-9-5-13-7-11-19(12-8-13)16-15-4-2-1-3-14(15)6-10-18-16/h1-4,6,10,13H,5,7-9,11-12,17H2. The third kappa shape index (κ3) is 2.56. The molecule has 0 amide bonds. The van der Waals surface area contributed by atoms with E-state index in [4.69, 9.17) is 5.73 Å². The summed E-state index contributed by atoms with van der Waals surface area (Å²) in [5.41, 5.74) is 5.65. The van der Waals surface area contributed by atoms with Gasteiger partial charge >= 0.3 is 0 Å². The van der Waals surface area contributed by atoms with Gasteiger partial charge in [0.1, 0.15) is 5.82 Å². The molecule has 19 heavy (non-hydrogen) atoms. The third-order valence-corrected chi connectivity index (χ3v) is 4.14. The van der Waals surface area contributed by atoms with Crippen LogP contribution in [0.3, 0.4) is 0 Å². The lowest BCUT2D eigenvalue weighted by Gasteiger charge is -2.33. The van der Waals surface area contributed by atoms with Gasteiger partial charge in [-0.05, 0) is 43.2 Å². The monoisotopic (exact) mass is 255 g/mol. The highest BCUT2D eigenvalue weighted by Crippen LogP contribution is 2.28. The van der Waals surface area contributed by atoms with E-state index in [2.05, 4.69) is 40.2 Å². The van der Waals surface area contributed by atoms with Crippen molar-refractivity contribution in [1.29, 1.82) is 0 Å². The lowest BCUT2D eigenvalue weighted by Crippen LogP contribution is -2.34. The molecule has 2 heterocycles. The van der Waals surface area contributed by atoms with Gasteiger partial charge in [0.25, 0.3) is 0 Å². The van der Waals surface area contributed by atoms with Crippen LogP contribution in [-0.2, 0) is 0 Å². The molecule has 1 saturated heterocycles. The maximum atomic E-state index is 5.65. The van der Waals surface area contributed by atoms with Crippen LogP contribution in [0.15, 0.2) is 36.5 Å². The molecule has 0 radical (unpaired) electrons. The van der Waals surface area contributed by atoms with Gasteiger partial charge in [0.05, 0.1) is 0 Å². The number of pyridine rings is 1.